The maximum atomic E-state index is 11.9. The lowest BCUT2D eigenvalue weighted by Crippen LogP contribution is -2.08. The summed E-state index contributed by atoms with van der Waals surface area (Å²) in [6.07, 6.45) is 4.31. The second kappa shape index (κ2) is 8.03. The van der Waals surface area contributed by atoms with Crippen molar-refractivity contribution in [1.82, 2.24) is 0 Å². The van der Waals surface area contributed by atoms with E-state index in [9.17, 15) is 4.79 Å². The summed E-state index contributed by atoms with van der Waals surface area (Å²) < 4.78 is 5.52. The molecule has 2 aromatic rings. The Balaban J connectivity index is 1.93. The number of carbonyl (C=O) groups is 1. The van der Waals surface area contributed by atoms with Crippen molar-refractivity contribution in [2.75, 3.05) is 11.9 Å². The number of amides is 1. The van der Waals surface area contributed by atoms with Crippen LogP contribution in [0.3, 0.4) is 0 Å². The first-order valence-corrected chi connectivity index (χ1v) is 7.46. The van der Waals surface area contributed by atoms with Gasteiger partial charge in [0.15, 0.2) is 0 Å². The molecule has 0 aliphatic heterocycles. The van der Waals surface area contributed by atoms with E-state index in [4.69, 9.17) is 4.74 Å². The molecule has 2 rings (SSSR count). The lowest BCUT2D eigenvalue weighted by Gasteiger charge is -2.05. The van der Waals surface area contributed by atoms with Crippen LogP contribution in [-0.2, 0) is 4.79 Å². The highest BCUT2D eigenvalue weighted by atomic mass is 16.5. The van der Waals surface area contributed by atoms with E-state index in [1.54, 1.807) is 6.08 Å². The minimum atomic E-state index is -0.138. The molecule has 1 N–H and O–H groups in total. The number of nitrogens with one attached hydrogen (secondary N) is 1. The summed E-state index contributed by atoms with van der Waals surface area (Å²) in [6.45, 7) is 4.76. The van der Waals surface area contributed by atoms with Gasteiger partial charge in [-0.05, 0) is 48.7 Å². The zero-order valence-electron chi connectivity index (χ0n) is 13.0. The lowest BCUT2D eigenvalue weighted by molar-refractivity contribution is -0.111. The van der Waals surface area contributed by atoms with E-state index in [-0.39, 0.29) is 5.91 Å². The second-order valence-electron chi connectivity index (χ2n) is 5.06. The van der Waals surface area contributed by atoms with Gasteiger partial charge in [-0.2, -0.15) is 0 Å². The van der Waals surface area contributed by atoms with Crippen LogP contribution in [0.25, 0.3) is 6.08 Å². The topological polar surface area (TPSA) is 38.3 Å². The molecule has 1 amide bonds. The van der Waals surface area contributed by atoms with Gasteiger partial charge in [-0.15, -0.1) is 0 Å². The van der Waals surface area contributed by atoms with E-state index in [0.29, 0.717) is 6.61 Å². The van der Waals surface area contributed by atoms with Crippen LogP contribution in [0.4, 0.5) is 5.69 Å². The predicted octanol–water partition coefficient (Wildman–Crippen LogP) is 4.44. The van der Waals surface area contributed by atoms with Gasteiger partial charge < -0.3 is 10.1 Å². The van der Waals surface area contributed by atoms with Crippen LogP contribution in [0.1, 0.15) is 24.5 Å². The zero-order chi connectivity index (χ0) is 15.8. The molecule has 0 saturated heterocycles. The lowest BCUT2D eigenvalue weighted by atomic mass is 10.2. The smallest absolute Gasteiger partial charge is 0.248 e. The molecule has 0 aromatic heterocycles. The highest BCUT2D eigenvalue weighted by molar-refractivity contribution is 6.02. The molecule has 2 aromatic carbocycles. The minimum absolute atomic E-state index is 0.138. The number of para-hydroxylation sites is 1. The van der Waals surface area contributed by atoms with E-state index in [2.05, 4.69) is 12.2 Å². The molecule has 0 radical (unpaired) electrons. The first-order valence-electron chi connectivity index (χ1n) is 7.46. The molecule has 3 nitrogen and oxygen atoms in total. The third kappa shape index (κ3) is 4.77. The third-order valence-electron chi connectivity index (χ3n) is 3.18. The average molecular weight is 295 g/mol. The van der Waals surface area contributed by atoms with Crippen molar-refractivity contribution in [3.8, 4) is 5.75 Å². The summed E-state index contributed by atoms with van der Waals surface area (Å²) in [5.74, 6) is 0.712. The van der Waals surface area contributed by atoms with Crippen LogP contribution in [0.2, 0.25) is 0 Å². The van der Waals surface area contributed by atoms with Gasteiger partial charge in [0, 0.05) is 11.8 Å². The standard InChI is InChI=1S/C19H21NO2/c1-3-14-22-17-11-8-16(9-12-17)10-13-19(21)20-18-7-5-4-6-15(18)2/h4-13H,3,14H2,1-2H3,(H,20,21). The van der Waals surface area contributed by atoms with Gasteiger partial charge in [0.2, 0.25) is 5.91 Å². The van der Waals surface area contributed by atoms with Crippen LogP contribution < -0.4 is 10.1 Å². The van der Waals surface area contributed by atoms with Crippen LogP contribution in [0, 0.1) is 6.92 Å². The highest BCUT2D eigenvalue weighted by Gasteiger charge is 2.00. The van der Waals surface area contributed by atoms with E-state index in [0.717, 1.165) is 29.0 Å². The normalized spacial score (nSPS) is 10.6. The maximum Gasteiger partial charge on any atom is 0.248 e. The molecular formula is C19H21NO2. The Morgan fingerprint density at radius 1 is 1.14 bits per heavy atom. The first-order chi connectivity index (χ1) is 10.7. The fourth-order valence-corrected chi connectivity index (χ4v) is 1.95. The Bertz CT molecular complexity index is 645. The molecule has 0 heterocycles. The van der Waals surface area contributed by atoms with Crippen molar-refractivity contribution in [3.63, 3.8) is 0 Å². The number of hydrogen-bond donors (Lipinski definition) is 1. The van der Waals surface area contributed by atoms with Gasteiger partial charge in [0.1, 0.15) is 5.75 Å². The predicted molar refractivity (Wildman–Crippen MR) is 91.1 cm³/mol. The number of rotatable bonds is 6. The quantitative estimate of drug-likeness (QED) is 0.800. The Labute approximate surface area is 131 Å². The number of ether oxygens (including phenoxy) is 1. The Morgan fingerprint density at radius 3 is 2.55 bits per heavy atom. The summed E-state index contributed by atoms with van der Waals surface area (Å²) in [7, 11) is 0. The van der Waals surface area contributed by atoms with Crippen molar-refractivity contribution in [2.45, 2.75) is 20.3 Å². The highest BCUT2D eigenvalue weighted by Crippen LogP contribution is 2.15. The second-order valence-corrected chi connectivity index (χ2v) is 5.06. The van der Waals surface area contributed by atoms with Crippen molar-refractivity contribution in [2.24, 2.45) is 0 Å². The molecule has 0 aliphatic carbocycles. The summed E-state index contributed by atoms with van der Waals surface area (Å²) in [6, 6.07) is 15.4. The Kier molecular flexibility index (Phi) is 5.78. The van der Waals surface area contributed by atoms with Crippen molar-refractivity contribution in [3.05, 3.63) is 65.7 Å². The van der Waals surface area contributed by atoms with Gasteiger partial charge in [0.25, 0.3) is 0 Å². The van der Waals surface area contributed by atoms with Crippen LogP contribution in [-0.4, -0.2) is 12.5 Å². The van der Waals surface area contributed by atoms with Crippen molar-refractivity contribution >= 4 is 17.7 Å². The number of anilines is 1. The fraction of sp³-hybridized carbons (Fsp3) is 0.211. The van der Waals surface area contributed by atoms with Gasteiger partial charge >= 0.3 is 0 Å². The molecule has 0 aliphatic rings. The van der Waals surface area contributed by atoms with E-state index in [1.807, 2.05) is 55.5 Å². The molecule has 0 saturated carbocycles. The first kappa shape index (κ1) is 15.8. The summed E-state index contributed by atoms with van der Waals surface area (Å²) in [5.41, 5.74) is 2.84. The monoisotopic (exact) mass is 295 g/mol. The summed E-state index contributed by atoms with van der Waals surface area (Å²) in [5, 5.41) is 2.87. The molecule has 0 atom stereocenters. The molecular weight excluding hydrogens is 274 g/mol. The average Bonchev–Trinajstić information content (AvgIpc) is 2.54. The number of hydrogen-bond acceptors (Lipinski definition) is 2. The molecule has 0 spiro atoms. The molecule has 114 valence electrons. The fourth-order valence-electron chi connectivity index (χ4n) is 1.95. The largest absolute Gasteiger partial charge is 0.494 e. The van der Waals surface area contributed by atoms with E-state index < -0.39 is 0 Å². The molecule has 0 unspecified atom stereocenters. The Morgan fingerprint density at radius 2 is 1.86 bits per heavy atom. The van der Waals surface area contributed by atoms with Gasteiger partial charge in [-0.1, -0.05) is 37.3 Å². The van der Waals surface area contributed by atoms with Crippen molar-refractivity contribution < 1.29 is 9.53 Å². The number of carbonyl (C=O) groups excluding carboxylic acids is 1. The van der Waals surface area contributed by atoms with Gasteiger partial charge in [0.05, 0.1) is 6.61 Å². The number of benzene rings is 2. The van der Waals surface area contributed by atoms with Gasteiger partial charge in [-0.3, -0.25) is 4.79 Å². The van der Waals surface area contributed by atoms with Gasteiger partial charge in [-0.25, -0.2) is 0 Å². The Hall–Kier alpha value is -2.55. The molecule has 3 heteroatoms. The molecule has 0 fully saturated rings. The van der Waals surface area contributed by atoms with Crippen LogP contribution >= 0.6 is 0 Å². The zero-order valence-corrected chi connectivity index (χ0v) is 13.0. The van der Waals surface area contributed by atoms with E-state index >= 15 is 0 Å². The summed E-state index contributed by atoms with van der Waals surface area (Å²) >= 11 is 0. The maximum absolute atomic E-state index is 11.9. The van der Waals surface area contributed by atoms with E-state index in [1.165, 1.54) is 6.08 Å². The summed E-state index contributed by atoms with van der Waals surface area (Å²) in [4.78, 5) is 11.9. The number of aryl methyl sites for hydroxylation is 1. The minimum Gasteiger partial charge on any atom is -0.494 e. The molecule has 0 bridgehead atoms. The van der Waals surface area contributed by atoms with Crippen LogP contribution in [0.15, 0.2) is 54.6 Å². The van der Waals surface area contributed by atoms with Crippen LogP contribution in [0.5, 0.6) is 5.75 Å². The SMILES string of the molecule is CCCOc1ccc(C=CC(=O)Nc2ccccc2C)cc1. The third-order valence-corrected chi connectivity index (χ3v) is 3.18. The molecule has 22 heavy (non-hydrogen) atoms. The van der Waals surface area contributed by atoms with Crippen molar-refractivity contribution in [1.29, 1.82) is 0 Å².